The van der Waals surface area contributed by atoms with Crippen molar-refractivity contribution in [1.29, 1.82) is 0 Å². The van der Waals surface area contributed by atoms with Crippen LogP contribution in [0.1, 0.15) is 36.3 Å². The van der Waals surface area contributed by atoms with Crippen LogP contribution in [0.3, 0.4) is 0 Å². The second kappa shape index (κ2) is 7.92. The van der Waals surface area contributed by atoms with Gasteiger partial charge in [-0.2, -0.15) is 13.2 Å². The summed E-state index contributed by atoms with van der Waals surface area (Å²) in [5, 5.41) is -0.318. The molecule has 2 rings (SSSR count). The second-order valence-electron chi connectivity index (χ2n) is 5.24. The molecular formula is C16H18F3NO3S. The highest BCUT2D eigenvalue weighted by atomic mass is 32.2. The number of halogens is 3. The van der Waals surface area contributed by atoms with Crippen LogP contribution in [0.2, 0.25) is 0 Å². The van der Waals surface area contributed by atoms with Gasteiger partial charge in [-0.15, -0.1) is 11.8 Å². The number of benzene rings is 1. The molecule has 0 N–H and O–H groups in total. The maximum atomic E-state index is 12.6. The molecule has 0 spiro atoms. The first kappa shape index (κ1) is 18.6. The zero-order valence-corrected chi connectivity index (χ0v) is 14.0. The Morgan fingerprint density at radius 3 is 2.50 bits per heavy atom. The summed E-state index contributed by atoms with van der Waals surface area (Å²) in [6.07, 6.45) is -4.33. The lowest BCUT2D eigenvalue weighted by molar-refractivity contribution is -0.145. The first-order valence-corrected chi connectivity index (χ1v) is 8.61. The van der Waals surface area contributed by atoms with E-state index in [0.717, 1.165) is 12.1 Å². The van der Waals surface area contributed by atoms with E-state index in [-0.39, 0.29) is 30.7 Å². The molecule has 0 aromatic heterocycles. The van der Waals surface area contributed by atoms with Crippen molar-refractivity contribution in [2.75, 3.05) is 18.9 Å². The minimum atomic E-state index is -4.38. The number of carbonyl (C=O) groups is 2. The largest absolute Gasteiger partial charge is 0.466 e. The highest BCUT2D eigenvalue weighted by Crippen LogP contribution is 2.39. The quantitative estimate of drug-likeness (QED) is 0.752. The van der Waals surface area contributed by atoms with Crippen LogP contribution in [0.4, 0.5) is 13.2 Å². The van der Waals surface area contributed by atoms with Gasteiger partial charge in [-0.05, 0) is 24.6 Å². The van der Waals surface area contributed by atoms with Gasteiger partial charge in [0.1, 0.15) is 5.37 Å². The van der Waals surface area contributed by atoms with Crippen LogP contribution in [0.15, 0.2) is 24.3 Å². The first-order chi connectivity index (χ1) is 11.3. The van der Waals surface area contributed by atoms with E-state index in [1.165, 1.54) is 23.9 Å². The monoisotopic (exact) mass is 361 g/mol. The summed E-state index contributed by atoms with van der Waals surface area (Å²) in [6.45, 7) is 2.47. The summed E-state index contributed by atoms with van der Waals surface area (Å²) in [7, 11) is 0. The predicted molar refractivity (Wildman–Crippen MR) is 84.2 cm³/mol. The van der Waals surface area contributed by atoms with Gasteiger partial charge < -0.3 is 9.64 Å². The Morgan fingerprint density at radius 2 is 1.92 bits per heavy atom. The second-order valence-corrected chi connectivity index (χ2v) is 6.42. The van der Waals surface area contributed by atoms with Gasteiger partial charge >= 0.3 is 12.1 Å². The van der Waals surface area contributed by atoms with Crippen molar-refractivity contribution in [1.82, 2.24) is 4.90 Å². The number of ether oxygens (including phenoxy) is 1. The minimum absolute atomic E-state index is 0.00751. The third kappa shape index (κ3) is 4.66. The number of hydrogen-bond acceptors (Lipinski definition) is 4. The number of carbonyl (C=O) groups excluding carboxylic acids is 2. The minimum Gasteiger partial charge on any atom is -0.466 e. The molecule has 1 aliphatic heterocycles. The van der Waals surface area contributed by atoms with Crippen molar-refractivity contribution in [3.63, 3.8) is 0 Å². The van der Waals surface area contributed by atoms with Gasteiger partial charge in [0.15, 0.2) is 0 Å². The average Bonchev–Trinajstić information content (AvgIpc) is 3.02. The van der Waals surface area contributed by atoms with Crippen LogP contribution >= 0.6 is 11.8 Å². The van der Waals surface area contributed by atoms with Crippen molar-refractivity contribution in [2.24, 2.45) is 0 Å². The number of nitrogens with zero attached hydrogens (tertiary/aromatic N) is 1. The molecule has 1 fully saturated rings. The smallest absolute Gasteiger partial charge is 0.416 e. The Labute approximate surface area is 142 Å². The van der Waals surface area contributed by atoms with Gasteiger partial charge in [0.2, 0.25) is 5.91 Å². The van der Waals surface area contributed by atoms with Crippen LogP contribution in [0.5, 0.6) is 0 Å². The number of thioether (sulfide) groups is 1. The lowest BCUT2D eigenvalue weighted by Crippen LogP contribution is -2.30. The van der Waals surface area contributed by atoms with Crippen molar-refractivity contribution < 1.29 is 27.5 Å². The molecule has 0 bridgehead atoms. The Balaban J connectivity index is 2.02. The normalized spacial score (nSPS) is 17.8. The maximum Gasteiger partial charge on any atom is 0.416 e. The molecule has 1 unspecified atom stereocenters. The van der Waals surface area contributed by atoms with E-state index in [2.05, 4.69) is 0 Å². The number of rotatable bonds is 5. The summed E-state index contributed by atoms with van der Waals surface area (Å²) < 4.78 is 42.7. The fourth-order valence-corrected chi connectivity index (χ4v) is 3.70. The summed E-state index contributed by atoms with van der Waals surface area (Å²) in [6, 6.07) is 4.85. The molecule has 0 radical (unpaired) electrons. The van der Waals surface area contributed by atoms with E-state index in [1.54, 1.807) is 11.8 Å². The molecular weight excluding hydrogens is 343 g/mol. The van der Waals surface area contributed by atoms with Crippen LogP contribution in [0, 0.1) is 0 Å². The first-order valence-electron chi connectivity index (χ1n) is 7.56. The molecule has 4 nitrogen and oxygen atoms in total. The Bertz CT molecular complexity index is 589. The van der Waals surface area contributed by atoms with Crippen molar-refractivity contribution >= 4 is 23.6 Å². The summed E-state index contributed by atoms with van der Waals surface area (Å²) in [5.41, 5.74) is -0.0654. The van der Waals surface area contributed by atoms with E-state index in [1.807, 2.05) is 0 Å². The fraction of sp³-hybridized carbons (Fsp3) is 0.500. The van der Waals surface area contributed by atoms with Gasteiger partial charge in [0, 0.05) is 18.7 Å². The fourth-order valence-electron chi connectivity index (χ4n) is 2.42. The predicted octanol–water partition coefficient (Wildman–Crippen LogP) is 3.62. The van der Waals surface area contributed by atoms with Crippen LogP contribution < -0.4 is 0 Å². The topological polar surface area (TPSA) is 46.6 Å². The van der Waals surface area contributed by atoms with E-state index >= 15 is 0 Å². The number of alkyl halides is 3. The van der Waals surface area contributed by atoms with E-state index < -0.39 is 17.7 Å². The van der Waals surface area contributed by atoms with E-state index in [4.69, 9.17) is 4.74 Å². The number of amides is 1. The van der Waals surface area contributed by atoms with Crippen LogP contribution in [-0.2, 0) is 20.5 Å². The van der Waals surface area contributed by atoms with Crippen LogP contribution in [-0.4, -0.2) is 35.7 Å². The Kier molecular flexibility index (Phi) is 6.15. The molecule has 1 amide bonds. The molecule has 0 saturated carbocycles. The molecule has 132 valence electrons. The van der Waals surface area contributed by atoms with Crippen molar-refractivity contribution in [2.45, 2.75) is 31.3 Å². The third-order valence-corrected chi connectivity index (χ3v) is 4.84. The van der Waals surface area contributed by atoms with Gasteiger partial charge in [-0.25, -0.2) is 0 Å². The van der Waals surface area contributed by atoms with Crippen molar-refractivity contribution in [3.05, 3.63) is 35.4 Å². The van der Waals surface area contributed by atoms with Crippen molar-refractivity contribution in [3.8, 4) is 0 Å². The lowest BCUT2D eigenvalue weighted by Gasteiger charge is -2.24. The van der Waals surface area contributed by atoms with Gasteiger partial charge in [-0.1, -0.05) is 12.1 Å². The Hall–Kier alpha value is -1.70. The molecule has 1 atom stereocenters. The third-order valence-electron chi connectivity index (χ3n) is 3.58. The highest BCUT2D eigenvalue weighted by molar-refractivity contribution is 7.99. The van der Waals surface area contributed by atoms with E-state index in [9.17, 15) is 22.8 Å². The molecule has 1 heterocycles. The zero-order chi connectivity index (χ0) is 17.7. The Morgan fingerprint density at radius 1 is 1.25 bits per heavy atom. The average molecular weight is 361 g/mol. The van der Waals surface area contributed by atoms with E-state index in [0.29, 0.717) is 17.9 Å². The molecule has 1 aliphatic rings. The number of hydrogen-bond donors (Lipinski definition) is 0. The lowest BCUT2D eigenvalue weighted by atomic mass is 10.1. The highest BCUT2D eigenvalue weighted by Gasteiger charge is 2.33. The maximum absolute atomic E-state index is 12.6. The molecule has 1 saturated heterocycles. The summed E-state index contributed by atoms with van der Waals surface area (Å²) in [5.74, 6) is 0.0818. The molecule has 24 heavy (non-hydrogen) atoms. The van der Waals surface area contributed by atoms with Gasteiger partial charge in [-0.3, -0.25) is 9.59 Å². The molecule has 1 aromatic rings. The standard InChI is InChI=1S/C16H18F3NO3S/c1-2-23-14(22)8-7-13(21)20-9-10-24-15(20)11-3-5-12(6-4-11)16(17,18)19/h3-6,15H,2,7-10H2,1H3. The SMILES string of the molecule is CCOC(=O)CCC(=O)N1CCSC1c1ccc(C(F)(F)F)cc1. The van der Waals surface area contributed by atoms with Gasteiger partial charge in [0.25, 0.3) is 0 Å². The number of esters is 1. The van der Waals surface area contributed by atoms with Gasteiger partial charge in [0.05, 0.1) is 18.6 Å². The zero-order valence-electron chi connectivity index (χ0n) is 13.1. The summed E-state index contributed by atoms with van der Waals surface area (Å²) in [4.78, 5) is 25.2. The molecule has 8 heteroatoms. The molecule has 1 aromatic carbocycles. The summed E-state index contributed by atoms with van der Waals surface area (Å²) >= 11 is 1.50. The van der Waals surface area contributed by atoms with Crippen LogP contribution in [0.25, 0.3) is 0 Å². The molecule has 0 aliphatic carbocycles.